The molecular formula is C11H24N2O2. The highest BCUT2D eigenvalue weighted by Gasteiger charge is 2.19. The predicted octanol–water partition coefficient (Wildman–Crippen LogP) is 0.679. The monoisotopic (exact) mass is 216 g/mol. The lowest BCUT2D eigenvalue weighted by Gasteiger charge is -2.33. The summed E-state index contributed by atoms with van der Waals surface area (Å²) in [5, 5.41) is 3.43. The van der Waals surface area contributed by atoms with E-state index < -0.39 is 0 Å². The minimum Gasteiger partial charge on any atom is -0.352 e. The molecule has 15 heavy (non-hydrogen) atoms. The Kier molecular flexibility index (Phi) is 6.17. The molecule has 0 spiro atoms. The summed E-state index contributed by atoms with van der Waals surface area (Å²) in [6.45, 7) is 11.8. The fourth-order valence-electron chi connectivity index (χ4n) is 1.91. The van der Waals surface area contributed by atoms with Crippen LogP contribution in [0.1, 0.15) is 20.8 Å². The summed E-state index contributed by atoms with van der Waals surface area (Å²) in [6.07, 6.45) is -0.0645. The molecule has 1 rings (SSSR count). The van der Waals surface area contributed by atoms with E-state index in [-0.39, 0.29) is 6.29 Å². The van der Waals surface area contributed by atoms with Crippen LogP contribution in [0.15, 0.2) is 0 Å². The smallest absolute Gasteiger partial charge is 0.170 e. The van der Waals surface area contributed by atoms with Crippen LogP contribution in [0.2, 0.25) is 0 Å². The van der Waals surface area contributed by atoms with Gasteiger partial charge in [0.15, 0.2) is 6.29 Å². The molecule has 1 aliphatic heterocycles. The highest BCUT2D eigenvalue weighted by Crippen LogP contribution is 2.03. The van der Waals surface area contributed by atoms with Crippen LogP contribution in [0.25, 0.3) is 0 Å². The number of nitrogens with one attached hydrogen (secondary N) is 1. The van der Waals surface area contributed by atoms with Gasteiger partial charge in [0.1, 0.15) is 0 Å². The first-order valence-corrected chi connectivity index (χ1v) is 5.95. The van der Waals surface area contributed by atoms with E-state index in [2.05, 4.69) is 17.1 Å². The molecule has 1 aliphatic rings. The highest BCUT2D eigenvalue weighted by molar-refractivity contribution is 4.75. The number of rotatable bonds is 6. The molecule has 1 unspecified atom stereocenters. The Morgan fingerprint density at radius 3 is 2.53 bits per heavy atom. The lowest BCUT2D eigenvalue weighted by Crippen LogP contribution is -2.51. The molecule has 4 nitrogen and oxygen atoms in total. The van der Waals surface area contributed by atoms with Crippen LogP contribution in [0.3, 0.4) is 0 Å². The number of hydrogen-bond acceptors (Lipinski definition) is 4. The summed E-state index contributed by atoms with van der Waals surface area (Å²) in [5.74, 6) is 0. The van der Waals surface area contributed by atoms with Gasteiger partial charge in [-0.1, -0.05) is 0 Å². The minimum atomic E-state index is -0.0645. The average molecular weight is 216 g/mol. The molecule has 0 aromatic rings. The normalized spacial score (nSPS) is 23.6. The fraction of sp³-hybridized carbons (Fsp3) is 1.00. The third kappa shape index (κ3) is 4.93. The van der Waals surface area contributed by atoms with Gasteiger partial charge in [0.05, 0.1) is 0 Å². The van der Waals surface area contributed by atoms with Crippen molar-refractivity contribution in [1.82, 2.24) is 10.2 Å². The molecule has 0 aromatic carbocycles. The highest BCUT2D eigenvalue weighted by atomic mass is 16.7. The maximum Gasteiger partial charge on any atom is 0.170 e. The van der Waals surface area contributed by atoms with E-state index >= 15 is 0 Å². The first-order chi connectivity index (χ1) is 7.26. The van der Waals surface area contributed by atoms with Crippen LogP contribution in [0.5, 0.6) is 0 Å². The van der Waals surface area contributed by atoms with Crippen LogP contribution < -0.4 is 5.32 Å². The summed E-state index contributed by atoms with van der Waals surface area (Å²) < 4.78 is 11.1. The molecule has 1 N–H and O–H groups in total. The summed E-state index contributed by atoms with van der Waals surface area (Å²) in [5.41, 5.74) is 0. The summed E-state index contributed by atoms with van der Waals surface area (Å²) in [7, 11) is 0. The summed E-state index contributed by atoms with van der Waals surface area (Å²) in [4.78, 5) is 2.40. The van der Waals surface area contributed by atoms with Crippen LogP contribution in [0.4, 0.5) is 0 Å². The molecule has 1 saturated heterocycles. The topological polar surface area (TPSA) is 33.7 Å². The first-order valence-electron chi connectivity index (χ1n) is 5.95. The van der Waals surface area contributed by atoms with Gasteiger partial charge in [-0.2, -0.15) is 0 Å². The van der Waals surface area contributed by atoms with Crippen molar-refractivity contribution in [3.8, 4) is 0 Å². The second-order valence-electron chi connectivity index (χ2n) is 3.95. The van der Waals surface area contributed by atoms with Gasteiger partial charge in [0.25, 0.3) is 0 Å². The van der Waals surface area contributed by atoms with Crippen LogP contribution in [0, 0.1) is 0 Å². The van der Waals surface area contributed by atoms with Gasteiger partial charge in [0.2, 0.25) is 0 Å². The van der Waals surface area contributed by atoms with E-state index in [4.69, 9.17) is 9.47 Å². The zero-order valence-corrected chi connectivity index (χ0v) is 10.2. The van der Waals surface area contributed by atoms with Crippen molar-refractivity contribution in [1.29, 1.82) is 0 Å². The third-order valence-corrected chi connectivity index (χ3v) is 2.57. The quantitative estimate of drug-likeness (QED) is 0.662. The van der Waals surface area contributed by atoms with Gasteiger partial charge in [0, 0.05) is 45.4 Å². The van der Waals surface area contributed by atoms with Gasteiger partial charge in [-0.15, -0.1) is 0 Å². The van der Waals surface area contributed by atoms with Crippen LogP contribution in [-0.4, -0.2) is 56.6 Å². The number of nitrogens with zero attached hydrogens (tertiary/aromatic N) is 1. The maximum absolute atomic E-state index is 5.54. The van der Waals surface area contributed by atoms with E-state index in [0.29, 0.717) is 19.3 Å². The van der Waals surface area contributed by atoms with Crippen LogP contribution in [-0.2, 0) is 9.47 Å². The van der Waals surface area contributed by atoms with Crippen molar-refractivity contribution < 1.29 is 9.47 Å². The number of ether oxygens (including phenoxy) is 2. The molecule has 0 saturated carbocycles. The van der Waals surface area contributed by atoms with Crippen molar-refractivity contribution in [3.63, 3.8) is 0 Å². The average Bonchev–Trinajstić information content (AvgIpc) is 2.18. The van der Waals surface area contributed by atoms with Gasteiger partial charge >= 0.3 is 0 Å². The van der Waals surface area contributed by atoms with E-state index in [1.807, 2.05) is 13.8 Å². The van der Waals surface area contributed by atoms with Crippen molar-refractivity contribution in [2.45, 2.75) is 33.1 Å². The van der Waals surface area contributed by atoms with Crippen molar-refractivity contribution in [2.75, 3.05) is 39.4 Å². The molecule has 0 aromatic heterocycles. The zero-order valence-electron chi connectivity index (χ0n) is 10.2. The Hall–Kier alpha value is -0.160. The predicted molar refractivity (Wildman–Crippen MR) is 60.9 cm³/mol. The fourth-order valence-corrected chi connectivity index (χ4v) is 1.91. The number of piperazine rings is 1. The van der Waals surface area contributed by atoms with E-state index in [1.54, 1.807) is 0 Å². The second kappa shape index (κ2) is 7.17. The molecule has 0 amide bonds. The molecule has 0 radical (unpaired) electrons. The maximum atomic E-state index is 5.54. The molecular weight excluding hydrogens is 192 g/mol. The van der Waals surface area contributed by atoms with Gasteiger partial charge in [-0.25, -0.2) is 0 Å². The second-order valence-corrected chi connectivity index (χ2v) is 3.95. The molecule has 1 heterocycles. The Morgan fingerprint density at radius 2 is 2.00 bits per heavy atom. The summed E-state index contributed by atoms with van der Waals surface area (Å²) >= 11 is 0. The molecule has 1 atom stereocenters. The van der Waals surface area contributed by atoms with Gasteiger partial charge < -0.3 is 14.8 Å². The van der Waals surface area contributed by atoms with Crippen molar-refractivity contribution >= 4 is 0 Å². The minimum absolute atomic E-state index is 0.0645. The number of hydrogen-bond donors (Lipinski definition) is 1. The zero-order chi connectivity index (χ0) is 11.1. The van der Waals surface area contributed by atoms with Crippen molar-refractivity contribution in [2.24, 2.45) is 0 Å². The molecule has 90 valence electrons. The Labute approximate surface area is 92.9 Å². The van der Waals surface area contributed by atoms with E-state index in [0.717, 1.165) is 26.2 Å². The SMILES string of the molecule is CCOC(CN1CCNC(C)C1)OCC. The van der Waals surface area contributed by atoms with E-state index in [1.165, 1.54) is 0 Å². The lowest BCUT2D eigenvalue weighted by atomic mass is 10.2. The Morgan fingerprint density at radius 1 is 1.33 bits per heavy atom. The molecule has 0 bridgehead atoms. The van der Waals surface area contributed by atoms with Gasteiger partial charge in [-0.05, 0) is 20.8 Å². The van der Waals surface area contributed by atoms with E-state index in [9.17, 15) is 0 Å². The van der Waals surface area contributed by atoms with Gasteiger partial charge in [-0.3, -0.25) is 4.90 Å². The van der Waals surface area contributed by atoms with Crippen molar-refractivity contribution in [3.05, 3.63) is 0 Å². The third-order valence-electron chi connectivity index (χ3n) is 2.57. The molecule has 4 heteroatoms. The Bertz CT molecular complexity index is 158. The largest absolute Gasteiger partial charge is 0.352 e. The molecule has 0 aliphatic carbocycles. The lowest BCUT2D eigenvalue weighted by molar-refractivity contribution is -0.148. The standard InChI is InChI=1S/C11H24N2O2/c1-4-14-11(15-5-2)9-13-7-6-12-10(3)8-13/h10-12H,4-9H2,1-3H3. The first kappa shape index (κ1) is 12.9. The summed E-state index contributed by atoms with van der Waals surface area (Å²) in [6, 6.07) is 0.572. The molecule has 1 fully saturated rings. The van der Waals surface area contributed by atoms with Crippen LogP contribution >= 0.6 is 0 Å². The Balaban J connectivity index is 2.28.